The van der Waals surface area contributed by atoms with Crippen molar-refractivity contribution < 1.29 is 0 Å². The standard InChI is InChI=1S/C13H17N/c1-2-11-7-3-4-8-12(11)13-9-5-6-10-14-13/h2-4,7-8,13-14H,1,5-6,9-10H2. The Labute approximate surface area is 85.8 Å². The van der Waals surface area contributed by atoms with Crippen LogP contribution in [-0.4, -0.2) is 6.54 Å². The summed E-state index contributed by atoms with van der Waals surface area (Å²) in [7, 11) is 0. The summed E-state index contributed by atoms with van der Waals surface area (Å²) < 4.78 is 0. The summed E-state index contributed by atoms with van der Waals surface area (Å²) in [5, 5.41) is 3.56. The van der Waals surface area contributed by atoms with Gasteiger partial charge in [0.25, 0.3) is 0 Å². The highest BCUT2D eigenvalue weighted by Crippen LogP contribution is 2.26. The summed E-state index contributed by atoms with van der Waals surface area (Å²) in [4.78, 5) is 0. The zero-order valence-corrected chi connectivity index (χ0v) is 8.50. The van der Waals surface area contributed by atoms with Crippen LogP contribution in [0.5, 0.6) is 0 Å². The number of piperidine rings is 1. The lowest BCUT2D eigenvalue weighted by Crippen LogP contribution is -2.27. The van der Waals surface area contributed by atoms with Crippen LogP contribution in [0.1, 0.15) is 36.4 Å². The third-order valence-electron chi connectivity index (χ3n) is 2.90. The summed E-state index contributed by atoms with van der Waals surface area (Å²) in [6.07, 6.45) is 5.85. The zero-order valence-electron chi connectivity index (χ0n) is 8.50. The van der Waals surface area contributed by atoms with E-state index < -0.39 is 0 Å². The average molecular weight is 187 g/mol. The highest BCUT2D eigenvalue weighted by Gasteiger charge is 2.15. The fraction of sp³-hybridized carbons (Fsp3) is 0.385. The van der Waals surface area contributed by atoms with Gasteiger partial charge in [0.15, 0.2) is 0 Å². The first kappa shape index (κ1) is 9.47. The van der Waals surface area contributed by atoms with Gasteiger partial charge >= 0.3 is 0 Å². The van der Waals surface area contributed by atoms with Crippen LogP contribution in [0, 0.1) is 0 Å². The predicted molar refractivity (Wildman–Crippen MR) is 61.1 cm³/mol. The molecule has 0 bridgehead atoms. The van der Waals surface area contributed by atoms with Crippen LogP contribution in [0.15, 0.2) is 30.8 Å². The molecule has 1 saturated heterocycles. The van der Waals surface area contributed by atoms with Gasteiger partial charge in [-0.25, -0.2) is 0 Å². The molecule has 1 N–H and O–H groups in total. The van der Waals surface area contributed by atoms with Crippen molar-refractivity contribution in [3.8, 4) is 0 Å². The topological polar surface area (TPSA) is 12.0 Å². The Morgan fingerprint density at radius 3 is 2.86 bits per heavy atom. The van der Waals surface area contributed by atoms with Gasteiger partial charge in [-0.3, -0.25) is 0 Å². The molecule has 0 spiro atoms. The van der Waals surface area contributed by atoms with E-state index in [1.165, 1.54) is 30.4 Å². The van der Waals surface area contributed by atoms with Crippen LogP contribution < -0.4 is 5.32 Å². The maximum absolute atomic E-state index is 3.86. The maximum atomic E-state index is 3.86. The Kier molecular flexibility index (Phi) is 3.00. The summed E-state index contributed by atoms with van der Waals surface area (Å²) in [6.45, 7) is 5.01. The predicted octanol–water partition coefficient (Wildman–Crippen LogP) is 3.14. The van der Waals surface area contributed by atoms with Gasteiger partial charge in [-0.2, -0.15) is 0 Å². The highest BCUT2D eigenvalue weighted by molar-refractivity contribution is 5.52. The van der Waals surface area contributed by atoms with Crippen molar-refractivity contribution in [2.45, 2.75) is 25.3 Å². The summed E-state index contributed by atoms with van der Waals surface area (Å²) in [5.74, 6) is 0. The minimum atomic E-state index is 0.540. The fourth-order valence-electron chi connectivity index (χ4n) is 2.13. The molecule has 74 valence electrons. The molecule has 1 aromatic rings. The molecule has 1 atom stereocenters. The molecule has 0 saturated carbocycles. The van der Waals surface area contributed by atoms with E-state index in [0.29, 0.717) is 6.04 Å². The monoisotopic (exact) mass is 187 g/mol. The normalized spacial score (nSPS) is 21.9. The Morgan fingerprint density at radius 2 is 2.14 bits per heavy atom. The lowest BCUT2D eigenvalue weighted by molar-refractivity contribution is 0.412. The maximum Gasteiger partial charge on any atom is 0.0326 e. The average Bonchev–Trinajstić information content (AvgIpc) is 2.30. The van der Waals surface area contributed by atoms with Crippen molar-refractivity contribution in [3.05, 3.63) is 42.0 Å². The van der Waals surface area contributed by atoms with Crippen LogP contribution in [0.4, 0.5) is 0 Å². The number of benzene rings is 1. The smallest absolute Gasteiger partial charge is 0.0326 e. The molecule has 1 nitrogen and oxygen atoms in total. The van der Waals surface area contributed by atoms with Gasteiger partial charge in [0.1, 0.15) is 0 Å². The zero-order chi connectivity index (χ0) is 9.80. The molecule has 14 heavy (non-hydrogen) atoms. The van der Waals surface area contributed by atoms with Crippen LogP contribution >= 0.6 is 0 Å². The Morgan fingerprint density at radius 1 is 1.29 bits per heavy atom. The molecular weight excluding hydrogens is 170 g/mol. The minimum Gasteiger partial charge on any atom is -0.310 e. The van der Waals surface area contributed by atoms with Crippen LogP contribution in [0.3, 0.4) is 0 Å². The second-order valence-electron chi connectivity index (χ2n) is 3.84. The van der Waals surface area contributed by atoms with Gasteiger partial charge in [0.2, 0.25) is 0 Å². The number of hydrogen-bond acceptors (Lipinski definition) is 1. The summed E-state index contributed by atoms with van der Waals surface area (Å²) >= 11 is 0. The molecule has 1 fully saturated rings. The van der Waals surface area contributed by atoms with Crippen molar-refractivity contribution in [2.24, 2.45) is 0 Å². The number of hydrogen-bond donors (Lipinski definition) is 1. The van der Waals surface area contributed by atoms with E-state index in [1.807, 2.05) is 6.08 Å². The highest BCUT2D eigenvalue weighted by atomic mass is 14.9. The van der Waals surface area contributed by atoms with E-state index in [2.05, 4.69) is 36.2 Å². The molecular formula is C13H17N. The third kappa shape index (κ3) is 1.88. The molecule has 1 unspecified atom stereocenters. The largest absolute Gasteiger partial charge is 0.310 e. The first-order chi connectivity index (χ1) is 6.92. The van der Waals surface area contributed by atoms with Crippen molar-refractivity contribution in [2.75, 3.05) is 6.54 Å². The fourth-order valence-corrected chi connectivity index (χ4v) is 2.13. The van der Waals surface area contributed by atoms with Crippen LogP contribution in [-0.2, 0) is 0 Å². The van der Waals surface area contributed by atoms with Gasteiger partial charge in [-0.15, -0.1) is 0 Å². The summed E-state index contributed by atoms with van der Waals surface area (Å²) in [5.41, 5.74) is 2.68. The van der Waals surface area contributed by atoms with Gasteiger partial charge < -0.3 is 5.32 Å². The molecule has 1 aliphatic heterocycles. The van der Waals surface area contributed by atoms with E-state index in [1.54, 1.807) is 0 Å². The second kappa shape index (κ2) is 4.43. The molecule has 0 amide bonds. The van der Waals surface area contributed by atoms with Gasteiger partial charge in [-0.1, -0.05) is 43.3 Å². The van der Waals surface area contributed by atoms with Gasteiger partial charge in [-0.05, 0) is 30.5 Å². The third-order valence-corrected chi connectivity index (χ3v) is 2.90. The summed E-state index contributed by atoms with van der Waals surface area (Å²) in [6, 6.07) is 9.07. The van der Waals surface area contributed by atoms with E-state index in [0.717, 1.165) is 6.54 Å². The van der Waals surface area contributed by atoms with Crippen molar-refractivity contribution in [1.82, 2.24) is 5.32 Å². The molecule has 2 rings (SSSR count). The van der Waals surface area contributed by atoms with E-state index in [-0.39, 0.29) is 0 Å². The number of nitrogens with one attached hydrogen (secondary N) is 1. The molecule has 1 aliphatic rings. The van der Waals surface area contributed by atoms with Gasteiger partial charge in [0, 0.05) is 6.04 Å². The first-order valence-electron chi connectivity index (χ1n) is 5.36. The minimum absolute atomic E-state index is 0.540. The van der Waals surface area contributed by atoms with Gasteiger partial charge in [0.05, 0.1) is 0 Å². The molecule has 0 aromatic heterocycles. The number of rotatable bonds is 2. The van der Waals surface area contributed by atoms with E-state index in [4.69, 9.17) is 0 Å². The Hall–Kier alpha value is -1.08. The first-order valence-corrected chi connectivity index (χ1v) is 5.36. The van der Waals surface area contributed by atoms with Crippen LogP contribution in [0.25, 0.3) is 6.08 Å². The molecule has 1 aromatic carbocycles. The van der Waals surface area contributed by atoms with E-state index in [9.17, 15) is 0 Å². The molecule has 1 heteroatoms. The molecule has 1 heterocycles. The molecule has 0 aliphatic carbocycles. The lowest BCUT2D eigenvalue weighted by atomic mass is 9.94. The van der Waals surface area contributed by atoms with E-state index >= 15 is 0 Å². The molecule has 0 radical (unpaired) electrons. The SMILES string of the molecule is C=Cc1ccccc1C1CCCCN1. The van der Waals surface area contributed by atoms with Crippen molar-refractivity contribution in [1.29, 1.82) is 0 Å². The Balaban J connectivity index is 2.24. The van der Waals surface area contributed by atoms with Crippen molar-refractivity contribution >= 4 is 6.08 Å². The Bertz CT molecular complexity index is 311. The van der Waals surface area contributed by atoms with Crippen molar-refractivity contribution in [3.63, 3.8) is 0 Å². The quantitative estimate of drug-likeness (QED) is 0.750. The second-order valence-corrected chi connectivity index (χ2v) is 3.84. The van der Waals surface area contributed by atoms with Crippen LogP contribution in [0.2, 0.25) is 0 Å². The lowest BCUT2D eigenvalue weighted by Gasteiger charge is -2.25.